The molecule has 2 N–H and O–H groups in total. The average molecular weight is 431 g/mol. The number of phenols is 1. The summed E-state index contributed by atoms with van der Waals surface area (Å²) in [6.07, 6.45) is 0.205. The van der Waals surface area contributed by atoms with Gasteiger partial charge in [0.15, 0.2) is 11.2 Å². The van der Waals surface area contributed by atoms with Crippen molar-refractivity contribution < 1.29 is 18.7 Å². The first kappa shape index (κ1) is 19.1. The number of para-hydroxylation sites is 4. The standard InChI is InChI=1S/C23H17N3O4S/c27-18-10-9-14(13-15(18)22-25-16-5-1-3-7-19(16)29-22)24-21(28)11-12-26-17-6-2-4-8-20(17)30-23(26)31/h1-10,13,27H,11-12H2,(H,24,28). The number of anilines is 1. The van der Waals surface area contributed by atoms with Gasteiger partial charge in [0.25, 0.3) is 4.84 Å². The van der Waals surface area contributed by atoms with Crippen LogP contribution in [0, 0.1) is 4.84 Å². The van der Waals surface area contributed by atoms with Crippen LogP contribution in [0.25, 0.3) is 33.7 Å². The first-order valence-corrected chi connectivity index (χ1v) is 10.1. The molecule has 154 valence electrons. The molecule has 0 bridgehead atoms. The van der Waals surface area contributed by atoms with Crippen LogP contribution < -0.4 is 5.32 Å². The van der Waals surface area contributed by atoms with E-state index in [1.54, 1.807) is 22.8 Å². The number of phenolic OH excluding ortho intramolecular Hbond substituents is 1. The fraction of sp³-hybridized carbons (Fsp3) is 0.0870. The minimum atomic E-state index is -0.193. The molecule has 0 atom stereocenters. The van der Waals surface area contributed by atoms with Gasteiger partial charge in [-0.25, -0.2) is 4.98 Å². The topological polar surface area (TPSA) is 93.4 Å². The van der Waals surface area contributed by atoms with Crippen molar-refractivity contribution in [3.8, 4) is 17.2 Å². The Kier molecular flexibility index (Phi) is 4.76. The molecule has 5 rings (SSSR count). The summed E-state index contributed by atoms with van der Waals surface area (Å²) in [5.41, 5.74) is 3.78. The average Bonchev–Trinajstić information content (AvgIpc) is 3.34. The number of carbonyl (C=O) groups excluding carboxylic acids is 1. The Hall–Kier alpha value is -3.91. The van der Waals surface area contributed by atoms with Crippen molar-refractivity contribution in [3.63, 3.8) is 0 Å². The molecule has 0 aliphatic heterocycles. The molecule has 0 saturated carbocycles. The van der Waals surface area contributed by atoms with Gasteiger partial charge in [0.05, 0.1) is 11.1 Å². The van der Waals surface area contributed by atoms with E-state index < -0.39 is 0 Å². The number of aromatic nitrogens is 2. The number of hydrogen-bond donors (Lipinski definition) is 2. The Balaban J connectivity index is 1.34. The number of rotatable bonds is 5. The Morgan fingerprint density at radius 3 is 2.65 bits per heavy atom. The van der Waals surface area contributed by atoms with Crippen molar-refractivity contribution in [2.24, 2.45) is 0 Å². The summed E-state index contributed by atoms with van der Waals surface area (Å²) in [6, 6.07) is 19.6. The molecule has 3 aromatic carbocycles. The van der Waals surface area contributed by atoms with Crippen molar-refractivity contribution in [2.75, 3.05) is 5.32 Å². The van der Waals surface area contributed by atoms with E-state index in [0.29, 0.717) is 39.3 Å². The second-order valence-corrected chi connectivity index (χ2v) is 7.35. The number of aryl methyl sites for hydroxylation is 1. The van der Waals surface area contributed by atoms with Gasteiger partial charge in [-0.2, -0.15) is 0 Å². The normalized spacial score (nSPS) is 11.2. The van der Waals surface area contributed by atoms with E-state index in [4.69, 9.17) is 21.1 Å². The first-order valence-electron chi connectivity index (χ1n) is 9.66. The number of benzene rings is 3. The quantitative estimate of drug-likeness (QED) is 0.282. The fourth-order valence-corrected chi connectivity index (χ4v) is 3.71. The van der Waals surface area contributed by atoms with Gasteiger partial charge >= 0.3 is 0 Å². The Morgan fingerprint density at radius 2 is 1.81 bits per heavy atom. The van der Waals surface area contributed by atoms with Crippen LogP contribution in [0.5, 0.6) is 5.75 Å². The van der Waals surface area contributed by atoms with Gasteiger partial charge in [-0.05, 0) is 54.7 Å². The summed E-state index contributed by atoms with van der Waals surface area (Å²) in [6.45, 7) is 0.387. The van der Waals surface area contributed by atoms with Crippen molar-refractivity contribution in [1.29, 1.82) is 0 Å². The molecule has 0 spiro atoms. The summed E-state index contributed by atoms with van der Waals surface area (Å²) in [4.78, 5) is 17.3. The van der Waals surface area contributed by atoms with Crippen LogP contribution in [-0.2, 0) is 11.3 Å². The van der Waals surface area contributed by atoms with Gasteiger partial charge < -0.3 is 19.3 Å². The lowest BCUT2D eigenvalue weighted by molar-refractivity contribution is -0.116. The minimum Gasteiger partial charge on any atom is -0.507 e. The van der Waals surface area contributed by atoms with E-state index in [9.17, 15) is 9.90 Å². The molecule has 31 heavy (non-hydrogen) atoms. The van der Waals surface area contributed by atoms with E-state index in [-0.39, 0.29) is 24.0 Å². The molecule has 0 aliphatic carbocycles. The van der Waals surface area contributed by atoms with Crippen LogP contribution in [0.4, 0.5) is 5.69 Å². The minimum absolute atomic E-state index is 0.0146. The zero-order chi connectivity index (χ0) is 21.4. The maximum absolute atomic E-state index is 12.5. The van der Waals surface area contributed by atoms with E-state index in [1.807, 2.05) is 42.5 Å². The highest BCUT2D eigenvalue weighted by Crippen LogP contribution is 2.33. The number of fused-ring (bicyclic) bond motifs is 2. The van der Waals surface area contributed by atoms with Crippen molar-refractivity contribution in [1.82, 2.24) is 9.55 Å². The van der Waals surface area contributed by atoms with Crippen molar-refractivity contribution in [2.45, 2.75) is 13.0 Å². The monoisotopic (exact) mass is 431 g/mol. The predicted molar refractivity (Wildman–Crippen MR) is 119 cm³/mol. The van der Waals surface area contributed by atoms with Crippen LogP contribution >= 0.6 is 12.2 Å². The summed E-state index contributed by atoms with van der Waals surface area (Å²) in [5.74, 6) is 0.105. The third-order valence-corrected chi connectivity index (χ3v) is 5.24. The Morgan fingerprint density at radius 1 is 1.03 bits per heavy atom. The zero-order valence-corrected chi connectivity index (χ0v) is 17.1. The molecular weight excluding hydrogens is 414 g/mol. The molecule has 0 radical (unpaired) electrons. The van der Waals surface area contributed by atoms with Gasteiger partial charge in [-0.15, -0.1) is 0 Å². The SMILES string of the molecule is O=C(CCn1c(=S)oc2ccccc21)Nc1ccc(O)c(-c2nc3ccccc3o2)c1. The zero-order valence-electron chi connectivity index (χ0n) is 16.2. The summed E-state index contributed by atoms with van der Waals surface area (Å²) in [5, 5.41) is 13.1. The largest absolute Gasteiger partial charge is 0.507 e. The van der Waals surface area contributed by atoms with E-state index in [2.05, 4.69) is 10.3 Å². The third-order valence-electron chi connectivity index (χ3n) is 4.94. The van der Waals surface area contributed by atoms with E-state index in [0.717, 1.165) is 5.52 Å². The molecule has 8 heteroatoms. The molecule has 0 fully saturated rings. The van der Waals surface area contributed by atoms with Crippen LogP contribution in [0.1, 0.15) is 6.42 Å². The molecule has 2 heterocycles. The molecule has 0 unspecified atom stereocenters. The van der Waals surface area contributed by atoms with Gasteiger partial charge in [0.2, 0.25) is 11.8 Å². The second kappa shape index (κ2) is 7.73. The lowest BCUT2D eigenvalue weighted by atomic mass is 10.1. The van der Waals surface area contributed by atoms with E-state index in [1.165, 1.54) is 6.07 Å². The van der Waals surface area contributed by atoms with E-state index >= 15 is 0 Å². The molecule has 0 saturated heterocycles. The van der Waals surface area contributed by atoms with Gasteiger partial charge in [-0.1, -0.05) is 24.3 Å². The number of aromatic hydroxyl groups is 1. The number of carbonyl (C=O) groups is 1. The number of hydrogen-bond acceptors (Lipinski definition) is 6. The van der Waals surface area contributed by atoms with Crippen LogP contribution in [-0.4, -0.2) is 20.6 Å². The van der Waals surface area contributed by atoms with Crippen LogP contribution in [0.15, 0.2) is 75.6 Å². The first-order chi connectivity index (χ1) is 15.1. The van der Waals surface area contributed by atoms with Gasteiger partial charge in [-0.3, -0.25) is 9.36 Å². The highest BCUT2D eigenvalue weighted by atomic mass is 32.1. The second-order valence-electron chi connectivity index (χ2n) is 7.00. The third kappa shape index (κ3) is 3.69. The number of nitrogens with one attached hydrogen (secondary N) is 1. The maximum Gasteiger partial charge on any atom is 0.269 e. The number of nitrogens with zero attached hydrogens (tertiary/aromatic N) is 2. The maximum atomic E-state index is 12.5. The highest BCUT2D eigenvalue weighted by Gasteiger charge is 2.14. The van der Waals surface area contributed by atoms with Crippen LogP contribution in [0.3, 0.4) is 0 Å². The summed E-state index contributed by atoms with van der Waals surface area (Å²) < 4.78 is 13.1. The molecule has 1 amide bonds. The van der Waals surface area contributed by atoms with Gasteiger partial charge in [0.1, 0.15) is 11.3 Å². The Bertz CT molecular complexity index is 1450. The lowest BCUT2D eigenvalue weighted by Gasteiger charge is -2.08. The fourth-order valence-electron chi connectivity index (χ4n) is 3.44. The lowest BCUT2D eigenvalue weighted by Crippen LogP contribution is -2.14. The van der Waals surface area contributed by atoms with Crippen molar-refractivity contribution >= 4 is 46.0 Å². The highest BCUT2D eigenvalue weighted by molar-refractivity contribution is 7.71. The molecule has 0 aliphatic rings. The molecule has 2 aromatic heterocycles. The Labute approximate surface area is 181 Å². The smallest absolute Gasteiger partial charge is 0.269 e. The number of oxazole rings is 2. The molecular formula is C23H17N3O4S. The van der Waals surface area contributed by atoms with Crippen molar-refractivity contribution in [3.05, 3.63) is 71.6 Å². The summed E-state index contributed by atoms with van der Waals surface area (Å²) in [7, 11) is 0. The number of amides is 1. The predicted octanol–water partition coefficient (Wildman–Crippen LogP) is 5.51. The van der Waals surface area contributed by atoms with Crippen LogP contribution in [0.2, 0.25) is 0 Å². The summed E-state index contributed by atoms with van der Waals surface area (Å²) >= 11 is 5.27. The van der Waals surface area contributed by atoms with Gasteiger partial charge in [0, 0.05) is 18.7 Å². The molecule has 5 aromatic rings. The molecule has 7 nitrogen and oxygen atoms in total.